The van der Waals surface area contributed by atoms with Gasteiger partial charge in [-0.1, -0.05) is 6.07 Å². The van der Waals surface area contributed by atoms with Crippen molar-refractivity contribution in [3.05, 3.63) is 35.9 Å². The van der Waals surface area contributed by atoms with E-state index in [0.717, 1.165) is 70.8 Å². The molecule has 2 fully saturated rings. The number of fused-ring (bicyclic) bond motifs is 1. The molecule has 0 radical (unpaired) electrons. The molecular formula is C25H31N3O3S. The van der Waals surface area contributed by atoms with Gasteiger partial charge in [-0.3, -0.25) is 0 Å². The quantitative estimate of drug-likeness (QED) is 0.426. The van der Waals surface area contributed by atoms with E-state index in [1.54, 1.807) is 26.0 Å². The number of ether oxygens (including phenoxy) is 3. The van der Waals surface area contributed by atoms with E-state index in [1.807, 2.05) is 12.1 Å². The smallest absolute Gasteiger partial charge is 0.142 e. The Morgan fingerprint density at radius 1 is 1.19 bits per heavy atom. The zero-order chi connectivity index (χ0) is 22.2. The second-order valence-corrected chi connectivity index (χ2v) is 9.45. The molecule has 1 aromatic carbocycles. The SMILES string of the molecule is COc1cc(C)c(-c2cccc3c(N(CC4CC4)C4CCCO4)c(SC)nn23)c(OC)c1. The average Bonchev–Trinajstić information content (AvgIpc) is 3.32. The zero-order valence-electron chi connectivity index (χ0n) is 19.3. The minimum absolute atomic E-state index is 0.135. The molecule has 1 saturated heterocycles. The molecule has 1 aliphatic carbocycles. The highest BCUT2D eigenvalue weighted by Gasteiger charge is 2.34. The number of aryl methyl sites for hydroxylation is 1. The molecule has 0 amide bonds. The molecule has 3 aromatic rings. The predicted octanol–water partition coefficient (Wildman–Crippen LogP) is 5.40. The van der Waals surface area contributed by atoms with Crippen LogP contribution in [0.15, 0.2) is 35.4 Å². The van der Waals surface area contributed by atoms with Crippen molar-refractivity contribution in [2.75, 3.05) is 38.5 Å². The fourth-order valence-corrected chi connectivity index (χ4v) is 5.28. The van der Waals surface area contributed by atoms with Gasteiger partial charge in [-0.25, -0.2) is 4.52 Å². The van der Waals surface area contributed by atoms with Crippen LogP contribution >= 0.6 is 11.8 Å². The molecule has 170 valence electrons. The van der Waals surface area contributed by atoms with Gasteiger partial charge in [0.05, 0.1) is 31.1 Å². The molecule has 0 N–H and O–H groups in total. The molecule has 1 atom stereocenters. The summed E-state index contributed by atoms with van der Waals surface area (Å²) in [4.78, 5) is 2.49. The van der Waals surface area contributed by atoms with Crippen LogP contribution in [-0.4, -0.2) is 49.5 Å². The molecule has 2 aliphatic rings. The summed E-state index contributed by atoms with van der Waals surface area (Å²) in [5.41, 5.74) is 5.44. The Morgan fingerprint density at radius 2 is 2.03 bits per heavy atom. The van der Waals surface area contributed by atoms with Crippen LogP contribution in [0.4, 0.5) is 5.69 Å². The third-order valence-electron chi connectivity index (χ3n) is 6.47. The van der Waals surface area contributed by atoms with E-state index >= 15 is 0 Å². The van der Waals surface area contributed by atoms with Crippen LogP contribution in [0.2, 0.25) is 0 Å². The summed E-state index contributed by atoms with van der Waals surface area (Å²) in [6.07, 6.45) is 7.05. The van der Waals surface area contributed by atoms with Crippen LogP contribution < -0.4 is 14.4 Å². The fourth-order valence-electron chi connectivity index (χ4n) is 4.70. The van der Waals surface area contributed by atoms with Gasteiger partial charge < -0.3 is 19.1 Å². The van der Waals surface area contributed by atoms with Gasteiger partial charge in [0.2, 0.25) is 0 Å². The Balaban J connectivity index is 1.69. The first-order chi connectivity index (χ1) is 15.6. The molecule has 5 rings (SSSR count). The molecule has 6 nitrogen and oxygen atoms in total. The Bertz CT molecular complexity index is 1120. The van der Waals surface area contributed by atoms with Crippen LogP contribution in [0.25, 0.3) is 16.8 Å². The summed E-state index contributed by atoms with van der Waals surface area (Å²) in [7, 11) is 3.38. The lowest BCUT2D eigenvalue weighted by atomic mass is 10.0. The summed E-state index contributed by atoms with van der Waals surface area (Å²) in [5.74, 6) is 2.33. The highest BCUT2D eigenvalue weighted by molar-refractivity contribution is 7.98. The van der Waals surface area contributed by atoms with Gasteiger partial charge in [-0.2, -0.15) is 5.10 Å². The van der Waals surface area contributed by atoms with Gasteiger partial charge in [-0.15, -0.1) is 11.8 Å². The van der Waals surface area contributed by atoms with Crippen molar-refractivity contribution < 1.29 is 14.2 Å². The predicted molar refractivity (Wildman–Crippen MR) is 129 cm³/mol. The molecule has 7 heteroatoms. The number of anilines is 1. The van der Waals surface area contributed by atoms with Crippen LogP contribution in [0, 0.1) is 12.8 Å². The van der Waals surface area contributed by atoms with E-state index in [4.69, 9.17) is 19.3 Å². The van der Waals surface area contributed by atoms with Crippen LogP contribution in [0.3, 0.4) is 0 Å². The van der Waals surface area contributed by atoms with Crippen molar-refractivity contribution in [1.29, 1.82) is 0 Å². The topological polar surface area (TPSA) is 48.2 Å². The third-order valence-corrected chi connectivity index (χ3v) is 7.13. The molecule has 32 heavy (non-hydrogen) atoms. The van der Waals surface area contributed by atoms with E-state index in [2.05, 4.69) is 40.8 Å². The van der Waals surface area contributed by atoms with Crippen LogP contribution in [-0.2, 0) is 4.74 Å². The van der Waals surface area contributed by atoms with Gasteiger partial charge in [0, 0.05) is 24.8 Å². The molecule has 1 unspecified atom stereocenters. The lowest BCUT2D eigenvalue weighted by Crippen LogP contribution is -2.36. The van der Waals surface area contributed by atoms with E-state index < -0.39 is 0 Å². The summed E-state index contributed by atoms with van der Waals surface area (Å²) < 4.78 is 19.5. The maximum Gasteiger partial charge on any atom is 0.142 e. The number of aromatic nitrogens is 2. The van der Waals surface area contributed by atoms with Crippen molar-refractivity contribution >= 4 is 23.0 Å². The number of hydrogen-bond donors (Lipinski definition) is 0. The number of thioether (sulfide) groups is 1. The minimum Gasteiger partial charge on any atom is -0.497 e. The lowest BCUT2D eigenvalue weighted by molar-refractivity contribution is 0.106. The van der Waals surface area contributed by atoms with Gasteiger partial charge in [-0.05, 0) is 68.5 Å². The van der Waals surface area contributed by atoms with Crippen molar-refractivity contribution in [3.63, 3.8) is 0 Å². The first kappa shape index (κ1) is 21.5. The summed E-state index contributed by atoms with van der Waals surface area (Å²) in [5, 5.41) is 6.12. The molecule has 0 bridgehead atoms. The Hall–Kier alpha value is -2.38. The maximum atomic E-state index is 6.16. The largest absolute Gasteiger partial charge is 0.497 e. The number of nitrogens with zero attached hydrogens (tertiary/aromatic N) is 3. The number of benzene rings is 1. The number of methoxy groups -OCH3 is 2. The first-order valence-electron chi connectivity index (χ1n) is 11.3. The summed E-state index contributed by atoms with van der Waals surface area (Å²) >= 11 is 1.70. The van der Waals surface area contributed by atoms with Gasteiger partial charge >= 0.3 is 0 Å². The molecule has 3 heterocycles. The molecule has 0 spiro atoms. The van der Waals surface area contributed by atoms with Gasteiger partial charge in [0.25, 0.3) is 0 Å². The molecule has 1 aliphatic heterocycles. The molecule has 1 saturated carbocycles. The third kappa shape index (κ3) is 3.82. The number of hydrogen-bond acceptors (Lipinski definition) is 6. The second kappa shape index (κ2) is 8.87. The highest BCUT2D eigenvalue weighted by atomic mass is 32.2. The van der Waals surface area contributed by atoms with Gasteiger partial charge in [0.15, 0.2) is 0 Å². The Morgan fingerprint density at radius 3 is 2.69 bits per heavy atom. The minimum atomic E-state index is 0.135. The second-order valence-electron chi connectivity index (χ2n) is 8.65. The fraction of sp³-hybridized carbons (Fsp3) is 0.480. The van der Waals surface area contributed by atoms with Crippen molar-refractivity contribution in [2.24, 2.45) is 5.92 Å². The lowest BCUT2D eigenvalue weighted by Gasteiger charge is -2.30. The number of rotatable bonds is 8. The highest BCUT2D eigenvalue weighted by Crippen LogP contribution is 2.42. The van der Waals surface area contributed by atoms with Crippen molar-refractivity contribution in [3.8, 4) is 22.8 Å². The summed E-state index contributed by atoms with van der Waals surface area (Å²) in [6.45, 7) is 3.96. The first-order valence-corrected chi connectivity index (χ1v) is 12.5. The standard InChI is InChI=1S/C25H31N3O3S/c1-16-13-18(29-2)14-21(30-3)23(16)19-7-5-8-20-24(25(32-4)26-28(19)20)27(15-17-10-11-17)22-9-6-12-31-22/h5,7-8,13-14,17,22H,6,9-12,15H2,1-4H3. The van der Waals surface area contributed by atoms with Crippen LogP contribution in [0.5, 0.6) is 11.5 Å². The Kier molecular flexibility index (Phi) is 5.95. The maximum absolute atomic E-state index is 6.16. The van der Waals surface area contributed by atoms with Crippen molar-refractivity contribution in [2.45, 2.75) is 43.9 Å². The van der Waals surface area contributed by atoms with E-state index in [9.17, 15) is 0 Å². The normalized spacial score (nSPS) is 18.3. The van der Waals surface area contributed by atoms with E-state index in [-0.39, 0.29) is 6.23 Å². The molecule has 2 aromatic heterocycles. The monoisotopic (exact) mass is 453 g/mol. The average molecular weight is 454 g/mol. The van der Waals surface area contributed by atoms with Gasteiger partial charge in [0.1, 0.15) is 22.8 Å². The number of pyridine rings is 1. The van der Waals surface area contributed by atoms with E-state index in [1.165, 1.54) is 18.5 Å². The van der Waals surface area contributed by atoms with E-state index in [0.29, 0.717) is 0 Å². The Labute approximate surface area is 193 Å². The molecular weight excluding hydrogens is 422 g/mol. The van der Waals surface area contributed by atoms with Crippen LogP contribution in [0.1, 0.15) is 31.2 Å². The zero-order valence-corrected chi connectivity index (χ0v) is 20.1. The van der Waals surface area contributed by atoms with Crippen molar-refractivity contribution in [1.82, 2.24) is 9.61 Å². The summed E-state index contributed by atoms with van der Waals surface area (Å²) in [6, 6.07) is 10.4.